The molecule has 0 spiro atoms. The van der Waals surface area contributed by atoms with Gasteiger partial charge >= 0.3 is 0 Å². The molecule has 0 aromatic heterocycles. The van der Waals surface area contributed by atoms with Gasteiger partial charge in [-0.05, 0) is 49.9 Å². The second-order valence-electron chi connectivity index (χ2n) is 9.52. The van der Waals surface area contributed by atoms with E-state index in [0.29, 0.717) is 16.3 Å². The summed E-state index contributed by atoms with van der Waals surface area (Å²) in [7, 11) is -9.64. The van der Waals surface area contributed by atoms with Crippen LogP contribution in [0.5, 0.6) is 0 Å². The molecule has 2 fully saturated rings. The maximum Gasteiger partial charge on any atom is 0.290 e. The molecule has 2 aliphatic rings. The van der Waals surface area contributed by atoms with E-state index in [9.17, 15) is 19.4 Å². The molecular formula is C19H34F5IS. The van der Waals surface area contributed by atoms with Gasteiger partial charge in [0.25, 0.3) is 10.2 Å². The molecule has 0 N–H and O–H groups in total. The van der Waals surface area contributed by atoms with Crippen molar-refractivity contribution in [2.45, 2.75) is 100 Å². The van der Waals surface area contributed by atoms with Crippen LogP contribution in [0, 0.1) is 17.3 Å². The van der Waals surface area contributed by atoms with Crippen molar-refractivity contribution in [2.24, 2.45) is 17.3 Å². The minimum atomic E-state index is -9.64. The highest BCUT2D eigenvalue weighted by Gasteiger charge is 2.80. The maximum atomic E-state index is 14.2. The van der Waals surface area contributed by atoms with Crippen LogP contribution in [0.4, 0.5) is 19.4 Å². The summed E-state index contributed by atoms with van der Waals surface area (Å²) in [6.45, 7) is 3.71. The zero-order valence-electron chi connectivity index (χ0n) is 16.2. The summed E-state index contributed by atoms with van der Waals surface area (Å²) in [5, 5.41) is 0. The molecule has 158 valence electrons. The summed E-state index contributed by atoms with van der Waals surface area (Å²) in [6, 6.07) is 0. The molecule has 7 heteroatoms. The molecular weight excluding hydrogens is 482 g/mol. The maximum absolute atomic E-state index is 14.2. The van der Waals surface area contributed by atoms with Crippen LogP contribution in [0.15, 0.2) is 0 Å². The van der Waals surface area contributed by atoms with Crippen molar-refractivity contribution in [1.29, 1.82) is 0 Å². The van der Waals surface area contributed by atoms with Gasteiger partial charge in [0, 0.05) is 3.92 Å². The lowest BCUT2D eigenvalue weighted by Crippen LogP contribution is -2.52. The van der Waals surface area contributed by atoms with E-state index in [4.69, 9.17) is 0 Å². The van der Waals surface area contributed by atoms with Crippen LogP contribution in [-0.4, -0.2) is 8.67 Å². The minimum Gasteiger partial charge on any atom is -0.0973 e. The summed E-state index contributed by atoms with van der Waals surface area (Å²) in [6.07, 6.45) is 7.72. The third-order valence-electron chi connectivity index (χ3n) is 7.35. The monoisotopic (exact) mass is 516 g/mol. The SMILES string of the molecule is CC1(C)CC([C@H]2CCC[C@@H](I)C2)CCCCCCC1(C)S(F)(F)(F)(F)F. The number of hydrogen-bond donors (Lipinski definition) is 0. The molecule has 0 amide bonds. The normalized spacial score (nSPS) is 40.3. The highest BCUT2D eigenvalue weighted by Crippen LogP contribution is 3.06. The highest BCUT2D eigenvalue weighted by molar-refractivity contribution is 14.1. The van der Waals surface area contributed by atoms with E-state index < -0.39 is 26.8 Å². The van der Waals surface area contributed by atoms with Crippen molar-refractivity contribution in [3.8, 4) is 0 Å². The summed E-state index contributed by atoms with van der Waals surface area (Å²) in [5.74, 6) is 0.507. The van der Waals surface area contributed by atoms with Crippen LogP contribution >= 0.6 is 32.8 Å². The van der Waals surface area contributed by atoms with Crippen molar-refractivity contribution in [3.63, 3.8) is 0 Å². The average molecular weight is 516 g/mol. The molecule has 2 saturated carbocycles. The first-order valence-corrected chi connectivity index (χ1v) is 13.1. The molecule has 2 unspecified atom stereocenters. The number of rotatable bonds is 2. The van der Waals surface area contributed by atoms with E-state index in [0.717, 1.165) is 51.9 Å². The fraction of sp³-hybridized carbons (Fsp3) is 1.00. The molecule has 0 bridgehead atoms. The molecule has 26 heavy (non-hydrogen) atoms. The van der Waals surface area contributed by atoms with Crippen LogP contribution in [0.3, 0.4) is 0 Å². The van der Waals surface area contributed by atoms with Gasteiger partial charge < -0.3 is 0 Å². The molecule has 0 aromatic carbocycles. The van der Waals surface area contributed by atoms with Crippen molar-refractivity contribution in [3.05, 3.63) is 0 Å². The molecule has 0 nitrogen and oxygen atoms in total. The predicted octanol–water partition coefficient (Wildman–Crippen LogP) is 9.42. The molecule has 0 heterocycles. The Morgan fingerprint density at radius 2 is 1.35 bits per heavy atom. The lowest BCUT2D eigenvalue weighted by molar-refractivity contribution is 0.0974. The molecule has 0 saturated heterocycles. The predicted molar refractivity (Wildman–Crippen MR) is 111 cm³/mol. The third kappa shape index (κ3) is 4.82. The Balaban J connectivity index is 2.37. The largest absolute Gasteiger partial charge is 0.290 e. The molecule has 0 radical (unpaired) electrons. The van der Waals surface area contributed by atoms with Crippen LogP contribution in [0.2, 0.25) is 0 Å². The molecule has 2 rings (SSSR count). The number of alkyl halides is 1. The van der Waals surface area contributed by atoms with Gasteiger partial charge in [-0.15, -0.1) is 0 Å². The average Bonchev–Trinajstić information content (AvgIpc) is 2.45. The van der Waals surface area contributed by atoms with Gasteiger partial charge in [0.15, 0.2) is 0 Å². The highest BCUT2D eigenvalue weighted by atomic mass is 127. The van der Waals surface area contributed by atoms with Gasteiger partial charge in [0.2, 0.25) is 0 Å². The smallest absolute Gasteiger partial charge is 0.0973 e. The molecule has 2 aliphatic carbocycles. The summed E-state index contributed by atoms with van der Waals surface area (Å²) < 4.78 is 68.5. The van der Waals surface area contributed by atoms with E-state index in [-0.39, 0.29) is 18.8 Å². The van der Waals surface area contributed by atoms with E-state index in [1.165, 1.54) is 13.8 Å². The van der Waals surface area contributed by atoms with E-state index in [1.807, 2.05) is 0 Å². The molecule has 4 atom stereocenters. The van der Waals surface area contributed by atoms with Crippen molar-refractivity contribution < 1.29 is 19.4 Å². The van der Waals surface area contributed by atoms with E-state index >= 15 is 0 Å². The minimum absolute atomic E-state index is 0.125. The van der Waals surface area contributed by atoms with E-state index in [2.05, 4.69) is 22.6 Å². The van der Waals surface area contributed by atoms with Crippen molar-refractivity contribution in [1.82, 2.24) is 0 Å². The van der Waals surface area contributed by atoms with Crippen LogP contribution in [0.1, 0.15) is 91.4 Å². The molecule has 0 aromatic rings. The Morgan fingerprint density at radius 1 is 0.769 bits per heavy atom. The third-order valence-corrected chi connectivity index (χ3v) is 10.9. The fourth-order valence-electron chi connectivity index (χ4n) is 5.25. The topological polar surface area (TPSA) is 0 Å². The van der Waals surface area contributed by atoms with E-state index in [1.54, 1.807) is 0 Å². The Bertz CT molecular complexity index is 503. The Kier molecular flexibility index (Phi) is 6.11. The lowest BCUT2D eigenvalue weighted by atomic mass is 9.65. The zero-order chi connectivity index (χ0) is 19.9. The summed E-state index contributed by atoms with van der Waals surface area (Å²) >= 11 is 2.44. The van der Waals surface area contributed by atoms with Crippen molar-refractivity contribution in [2.75, 3.05) is 0 Å². The Hall–Kier alpha value is 0.730. The van der Waals surface area contributed by atoms with Crippen LogP contribution in [0.25, 0.3) is 0 Å². The van der Waals surface area contributed by atoms with Gasteiger partial charge in [-0.3, -0.25) is 0 Å². The summed E-state index contributed by atoms with van der Waals surface area (Å²) in [4.78, 5) is 0. The first-order chi connectivity index (χ1) is 11.6. The second kappa shape index (κ2) is 6.91. The standard InChI is InChI=1S/C19H34F5IS/c1-18(2)14-16(15-10-8-11-17(25)13-15)9-6-4-5-7-12-19(18,3)26(20,21,22,23)24/h15-17H,4-14H2,1-3H3/t15-,16?,17+,19?/m0/s1. The number of halogens is 6. The van der Waals surface area contributed by atoms with Gasteiger partial charge in [-0.1, -0.05) is 101 Å². The second-order valence-corrected chi connectivity index (χ2v) is 14.1. The van der Waals surface area contributed by atoms with Gasteiger partial charge in [0.05, 0.1) is 0 Å². The quantitative estimate of drug-likeness (QED) is 0.195. The van der Waals surface area contributed by atoms with Crippen LogP contribution in [-0.2, 0) is 0 Å². The van der Waals surface area contributed by atoms with Crippen LogP contribution < -0.4 is 0 Å². The lowest BCUT2D eigenvalue weighted by Gasteiger charge is -2.61. The Morgan fingerprint density at radius 3 is 1.92 bits per heavy atom. The van der Waals surface area contributed by atoms with Gasteiger partial charge in [-0.2, -0.15) is 0 Å². The first-order valence-electron chi connectivity index (χ1n) is 9.93. The summed E-state index contributed by atoms with van der Waals surface area (Å²) in [5.41, 5.74) is -1.46. The zero-order valence-corrected chi connectivity index (χ0v) is 19.2. The van der Waals surface area contributed by atoms with Crippen molar-refractivity contribution >= 4 is 32.8 Å². The molecule has 0 aliphatic heterocycles. The first kappa shape index (κ1) is 23.0. The fourth-order valence-corrected chi connectivity index (χ4v) is 8.00. The number of hydrogen-bond acceptors (Lipinski definition) is 0. The van der Waals surface area contributed by atoms with Gasteiger partial charge in [-0.25, -0.2) is 0 Å². The Labute approximate surface area is 169 Å². The van der Waals surface area contributed by atoms with Gasteiger partial charge in [0.1, 0.15) is 4.75 Å².